The number of piperidine rings is 1. The van der Waals surface area contributed by atoms with E-state index >= 15 is 0 Å². The van der Waals surface area contributed by atoms with Gasteiger partial charge in [0.1, 0.15) is 0 Å². The van der Waals surface area contributed by atoms with E-state index in [0.717, 1.165) is 12.1 Å². The summed E-state index contributed by atoms with van der Waals surface area (Å²) >= 11 is 6.18. The van der Waals surface area contributed by atoms with Crippen LogP contribution in [-0.2, 0) is 0 Å². The minimum Gasteiger partial charge on any atom is -0.493 e. The van der Waals surface area contributed by atoms with Crippen molar-refractivity contribution in [3.63, 3.8) is 0 Å². The standard InChI is InChI=1S/C27H25ClF2N2O4/c1-35-24-10-8-17(14-25(24)36-2)27(34)32-12-11-23(31-26(33)18-5-3-4-6-20(18)28)19(15-32)16-7-9-21(29)22(30)13-16/h3-10,13-14,19,23H,11-12,15H2,1-2H3,(H,31,33)/t19-,23+/m0/s1. The normalized spacial score (nSPS) is 17.4. The van der Waals surface area contributed by atoms with E-state index in [1.165, 1.54) is 20.3 Å². The Kier molecular flexibility index (Phi) is 7.74. The zero-order chi connectivity index (χ0) is 25.8. The van der Waals surface area contributed by atoms with Crippen LogP contribution >= 0.6 is 11.6 Å². The summed E-state index contributed by atoms with van der Waals surface area (Å²) in [5.74, 6) is -2.16. The smallest absolute Gasteiger partial charge is 0.254 e. The molecular weight excluding hydrogens is 490 g/mol. The van der Waals surface area contributed by atoms with Crippen molar-refractivity contribution in [3.8, 4) is 11.5 Å². The molecule has 2 atom stereocenters. The lowest BCUT2D eigenvalue weighted by Crippen LogP contribution is -2.51. The highest BCUT2D eigenvalue weighted by molar-refractivity contribution is 6.33. The third kappa shape index (κ3) is 5.28. The topological polar surface area (TPSA) is 67.9 Å². The van der Waals surface area contributed by atoms with E-state index in [1.807, 2.05) is 0 Å². The molecule has 1 saturated heterocycles. The first-order chi connectivity index (χ1) is 17.3. The molecule has 1 aliphatic heterocycles. The molecule has 3 aromatic carbocycles. The first-order valence-electron chi connectivity index (χ1n) is 11.3. The number of nitrogens with zero attached hydrogens (tertiary/aromatic N) is 1. The van der Waals surface area contributed by atoms with E-state index in [4.69, 9.17) is 21.1 Å². The van der Waals surface area contributed by atoms with E-state index in [1.54, 1.807) is 47.4 Å². The van der Waals surface area contributed by atoms with E-state index in [-0.39, 0.29) is 18.4 Å². The number of methoxy groups -OCH3 is 2. The number of hydrogen-bond donors (Lipinski definition) is 1. The van der Waals surface area contributed by atoms with Gasteiger partial charge in [0, 0.05) is 30.6 Å². The number of nitrogens with one attached hydrogen (secondary N) is 1. The predicted octanol–water partition coefficient (Wildman–Crippen LogP) is 5.06. The predicted molar refractivity (Wildman–Crippen MR) is 132 cm³/mol. The van der Waals surface area contributed by atoms with E-state index < -0.39 is 23.6 Å². The Bertz CT molecular complexity index is 1290. The second-order valence-corrected chi connectivity index (χ2v) is 8.86. The van der Waals surface area contributed by atoms with Crippen LogP contribution in [0.1, 0.15) is 38.6 Å². The molecule has 0 aliphatic carbocycles. The summed E-state index contributed by atoms with van der Waals surface area (Å²) < 4.78 is 38.3. The molecule has 1 heterocycles. The van der Waals surface area contributed by atoms with Crippen LogP contribution < -0.4 is 14.8 Å². The van der Waals surface area contributed by atoms with Gasteiger partial charge in [-0.2, -0.15) is 0 Å². The van der Waals surface area contributed by atoms with Gasteiger partial charge in [-0.1, -0.05) is 29.8 Å². The molecule has 4 rings (SSSR count). The number of carbonyl (C=O) groups is 2. The van der Waals surface area contributed by atoms with Crippen molar-refractivity contribution in [1.82, 2.24) is 10.2 Å². The molecule has 3 aromatic rings. The van der Waals surface area contributed by atoms with Crippen LogP contribution in [0.5, 0.6) is 11.5 Å². The number of amides is 2. The van der Waals surface area contributed by atoms with Crippen LogP contribution in [0.3, 0.4) is 0 Å². The molecule has 0 spiro atoms. The highest BCUT2D eigenvalue weighted by Crippen LogP contribution is 2.32. The molecule has 0 radical (unpaired) electrons. The number of benzene rings is 3. The summed E-state index contributed by atoms with van der Waals surface area (Å²) in [6.07, 6.45) is 0.402. The van der Waals surface area contributed by atoms with Crippen molar-refractivity contribution in [2.75, 3.05) is 27.3 Å². The number of ether oxygens (including phenoxy) is 2. The largest absolute Gasteiger partial charge is 0.493 e. The average molecular weight is 515 g/mol. The SMILES string of the molecule is COc1ccc(C(=O)N2CC[C@@H](NC(=O)c3ccccc3Cl)[C@H](c3ccc(F)c(F)c3)C2)cc1OC. The second kappa shape index (κ2) is 11.0. The summed E-state index contributed by atoms with van der Waals surface area (Å²) in [6, 6.07) is 14.7. The van der Waals surface area contributed by atoms with Crippen molar-refractivity contribution in [2.45, 2.75) is 18.4 Å². The number of hydrogen-bond acceptors (Lipinski definition) is 4. The highest BCUT2D eigenvalue weighted by Gasteiger charge is 2.35. The third-order valence-corrected chi connectivity index (χ3v) is 6.67. The third-order valence-electron chi connectivity index (χ3n) is 6.34. The Labute approximate surface area is 212 Å². The Morgan fingerprint density at radius 2 is 1.72 bits per heavy atom. The Balaban J connectivity index is 1.61. The van der Waals surface area contributed by atoms with Crippen molar-refractivity contribution < 1.29 is 27.8 Å². The fraction of sp³-hybridized carbons (Fsp3) is 0.259. The summed E-state index contributed by atoms with van der Waals surface area (Å²) in [5, 5.41) is 3.28. The molecule has 6 nitrogen and oxygen atoms in total. The minimum absolute atomic E-state index is 0.186. The summed E-state index contributed by atoms with van der Waals surface area (Å²) in [4.78, 5) is 27.9. The van der Waals surface area contributed by atoms with Gasteiger partial charge in [-0.3, -0.25) is 9.59 Å². The van der Waals surface area contributed by atoms with Crippen LogP contribution in [0.4, 0.5) is 8.78 Å². The van der Waals surface area contributed by atoms with Crippen molar-refractivity contribution in [3.05, 3.63) is 94.0 Å². The van der Waals surface area contributed by atoms with Gasteiger partial charge in [-0.25, -0.2) is 8.78 Å². The molecule has 0 aromatic heterocycles. The molecule has 9 heteroatoms. The zero-order valence-corrected chi connectivity index (χ0v) is 20.5. The highest BCUT2D eigenvalue weighted by atomic mass is 35.5. The number of likely N-dealkylation sites (tertiary alicyclic amines) is 1. The van der Waals surface area contributed by atoms with Crippen molar-refractivity contribution in [1.29, 1.82) is 0 Å². The lowest BCUT2D eigenvalue weighted by atomic mass is 9.85. The quantitative estimate of drug-likeness (QED) is 0.499. The Morgan fingerprint density at radius 3 is 2.42 bits per heavy atom. The molecule has 188 valence electrons. The van der Waals surface area contributed by atoms with Crippen LogP contribution in [0.25, 0.3) is 0 Å². The fourth-order valence-electron chi connectivity index (χ4n) is 4.43. The molecule has 0 saturated carbocycles. The van der Waals surface area contributed by atoms with Gasteiger partial charge in [0.2, 0.25) is 0 Å². The molecule has 2 amide bonds. The van der Waals surface area contributed by atoms with Crippen LogP contribution in [0.15, 0.2) is 60.7 Å². The van der Waals surface area contributed by atoms with Gasteiger partial charge in [-0.15, -0.1) is 0 Å². The zero-order valence-electron chi connectivity index (χ0n) is 19.8. The molecular formula is C27H25ClF2N2O4. The number of rotatable bonds is 6. The minimum atomic E-state index is -0.993. The number of halogens is 3. The molecule has 36 heavy (non-hydrogen) atoms. The lowest BCUT2D eigenvalue weighted by Gasteiger charge is -2.39. The van der Waals surface area contributed by atoms with Crippen molar-refractivity contribution >= 4 is 23.4 Å². The molecule has 0 unspecified atom stereocenters. The molecule has 1 aliphatic rings. The number of carbonyl (C=O) groups excluding carboxylic acids is 2. The summed E-state index contributed by atoms with van der Waals surface area (Å²) in [7, 11) is 2.99. The van der Waals surface area contributed by atoms with Gasteiger partial charge in [-0.05, 0) is 54.4 Å². The van der Waals surface area contributed by atoms with Crippen LogP contribution in [0.2, 0.25) is 5.02 Å². The van der Waals surface area contributed by atoms with Gasteiger partial charge in [0.05, 0.1) is 24.8 Å². The first kappa shape index (κ1) is 25.4. The lowest BCUT2D eigenvalue weighted by molar-refractivity contribution is 0.0671. The maximum atomic E-state index is 14.1. The average Bonchev–Trinajstić information content (AvgIpc) is 2.89. The Hall–Kier alpha value is -3.65. The van der Waals surface area contributed by atoms with E-state index in [9.17, 15) is 18.4 Å². The van der Waals surface area contributed by atoms with Gasteiger partial charge >= 0.3 is 0 Å². The van der Waals surface area contributed by atoms with Crippen LogP contribution in [-0.4, -0.2) is 50.1 Å². The molecule has 1 N–H and O–H groups in total. The van der Waals surface area contributed by atoms with Crippen LogP contribution in [0, 0.1) is 11.6 Å². The molecule has 0 bridgehead atoms. The maximum absolute atomic E-state index is 14.1. The summed E-state index contributed by atoms with van der Waals surface area (Å²) in [6.45, 7) is 0.534. The Morgan fingerprint density at radius 1 is 0.972 bits per heavy atom. The monoisotopic (exact) mass is 514 g/mol. The first-order valence-corrected chi connectivity index (χ1v) is 11.7. The maximum Gasteiger partial charge on any atom is 0.254 e. The van der Waals surface area contributed by atoms with Gasteiger partial charge < -0.3 is 19.7 Å². The fourth-order valence-corrected chi connectivity index (χ4v) is 4.65. The second-order valence-electron chi connectivity index (χ2n) is 8.45. The van der Waals surface area contributed by atoms with Gasteiger partial charge in [0.25, 0.3) is 11.8 Å². The summed E-state index contributed by atoms with van der Waals surface area (Å²) in [5.41, 5.74) is 1.19. The van der Waals surface area contributed by atoms with Crippen molar-refractivity contribution in [2.24, 2.45) is 0 Å². The molecule has 1 fully saturated rings. The van der Waals surface area contributed by atoms with E-state index in [0.29, 0.717) is 46.2 Å². The van der Waals surface area contributed by atoms with E-state index in [2.05, 4.69) is 5.32 Å². The van der Waals surface area contributed by atoms with Gasteiger partial charge in [0.15, 0.2) is 23.1 Å².